The molecule has 0 atom stereocenters. The van der Waals surface area contributed by atoms with Crippen molar-refractivity contribution in [3.05, 3.63) is 21.7 Å². The molecule has 2 nitrogen and oxygen atoms in total. The van der Waals surface area contributed by atoms with E-state index in [0.717, 1.165) is 9.53 Å². The maximum absolute atomic E-state index is 5.26. The van der Waals surface area contributed by atoms with Crippen LogP contribution in [0.3, 0.4) is 0 Å². The Morgan fingerprint density at radius 1 is 1.40 bits per heavy atom. The molecule has 54 valence electrons. The van der Waals surface area contributed by atoms with E-state index in [0.29, 0.717) is 6.79 Å². The van der Waals surface area contributed by atoms with Crippen molar-refractivity contribution >= 4 is 44.8 Å². The van der Waals surface area contributed by atoms with E-state index in [-0.39, 0.29) is 20.7 Å². The van der Waals surface area contributed by atoms with Gasteiger partial charge in [0.2, 0.25) is 6.79 Å². The van der Waals surface area contributed by atoms with E-state index >= 15 is 0 Å². The van der Waals surface area contributed by atoms with Gasteiger partial charge in [-0.3, -0.25) is 0 Å². The highest BCUT2D eigenvalue weighted by Gasteiger charge is 2.16. The van der Waals surface area contributed by atoms with Gasteiger partial charge >= 0.3 is 0 Å². The van der Waals surface area contributed by atoms with Crippen LogP contribution >= 0.6 is 43.3 Å². The van der Waals surface area contributed by atoms with Crippen molar-refractivity contribution in [2.24, 2.45) is 0 Å². The van der Waals surface area contributed by atoms with Crippen molar-refractivity contribution in [3.8, 4) is 0 Å². The molecule has 0 spiro atoms. The van der Waals surface area contributed by atoms with E-state index in [9.17, 15) is 0 Å². The molecular weight excluding hydrogens is 358 g/mol. The lowest BCUT2D eigenvalue weighted by atomic mass is 10.5. The van der Waals surface area contributed by atoms with Crippen molar-refractivity contribution in [2.45, 2.75) is 0 Å². The molecular formula is C6H4I2O2. The monoisotopic (exact) mass is 362 g/mol. The van der Waals surface area contributed by atoms with Crippen LogP contribution in [0.2, 0.25) is 0 Å². The quantitative estimate of drug-likeness (QED) is 0.616. The second kappa shape index (κ2) is 2.80. The molecule has 0 aromatic carbocycles. The third-order valence-electron chi connectivity index (χ3n) is 1.13. The first-order valence-electron chi connectivity index (χ1n) is 2.71. The van der Waals surface area contributed by atoms with Crippen LogP contribution in [0.1, 0.15) is 0 Å². The summed E-state index contributed by atoms with van der Waals surface area (Å²) in [4.78, 5) is 0. The van der Waals surface area contributed by atoms with Crippen molar-refractivity contribution in [3.63, 3.8) is 0 Å². The van der Waals surface area contributed by atoms with E-state index in [4.69, 9.17) is 9.47 Å². The fourth-order valence-corrected chi connectivity index (χ4v) is 3.85. The molecule has 2 aliphatic heterocycles. The predicted molar refractivity (Wildman–Crippen MR) is 56.2 cm³/mol. The molecule has 0 aromatic rings. The van der Waals surface area contributed by atoms with Crippen LogP contribution in [0, 0.1) is 0 Å². The zero-order valence-electron chi connectivity index (χ0n) is 4.93. The lowest BCUT2D eigenvalue weighted by Gasteiger charge is -1.98. The van der Waals surface area contributed by atoms with Crippen LogP contribution in [-0.4, -0.2) is 8.31 Å². The lowest BCUT2D eigenvalue weighted by Crippen LogP contribution is -1.84. The van der Waals surface area contributed by atoms with Crippen molar-refractivity contribution in [2.75, 3.05) is 6.79 Å². The molecule has 0 N–H and O–H groups in total. The van der Waals surface area contributed by atoms with Gasteiger partial charge in [-0.05, 0) is 55.5 Å². The summed E-state index contributed by atoms with van der Waals surface area (Å²) in [6.07, 6.45) is 4.08. The topological polar surface area (TPSA) is 18.5 Å². The second-order valence-electron chi connectivity index (χ2n) is 1.76. The van der Waals surface area contributed by atoms with E-state index in [1.54, 1.807) is 0 Å². The first kappa shape index (κ1) is 7.08. The van der Waals surface area contributed by atoms with E-state index in [1.165, 1.54) is 1.52 Å². The van der Waals surface area contributed by atoms with Crippen molar-refractivity contribution in [1.29, 1.82) is 0 Å². The number of halogens is 2. The lowest BCUT2D eigenvalue weighted by molar-refractivity contribution is 0.0831. The maximum Gasteiger partial charge on any atom is 0.231 e. The van der Waals surface area contributed by atoms with Crippen molar-refractivity contribution < 1.29 is 9.47 Å². The largest absolute Gasteiger partial charge is 0.453 e. The molecule has 2 aliphatic rings. The van der Waals surface area contributed by atoms with Gasteiger partial charge in [-0.15, -0.1) is 0 Å². The normalized spacial score (nSPS) is 22.3. The summed E-state index contributed by atoms with van der Waals surface area (Å²) in [6.45, 7) is 0.415. The summed E-state index contributed by atoms with van der Waals surface area (Å²) < 4.78 is 12.9. The third kappa shape index (κ3) is 1.23. The van der Waals surface area contributed by atoms with Crippen LogP contribution < -0.4 is 0 Å². The molecule has 0 radical (unpaired) electrons. The summed E-state index contributed by atoms with van der Waals surface area (Å²) in [7, 11) is 0. The van der Waals surface area contributed by atoms with Crippen molar-refractivity contribution in [1.82, 2.24) is 0 Å². The van der Waals surface area contributed by atoms with Gasteiger partial charge in [0.25, 0.3) is 0 Å². The Morgan fingerprint density at radius 3 is 3.20 bits per heavy atom. The summed E-state index contributed by atoms with van der Waals surface area (Å²) in [6, 6.07) is 0. The van der Waals surface area contributed by atoms with E-state index in [1.807, 2.05) is 6.08 Å². The van der Waals surface area contributed by atoms with Gasteiger partial charge in [0, 0.05) is 1.52 Å². The highest BCUT2D eigenvalue weighted by atomic mass is 127. The van der Waals surface area contributed by atoms with Crippen LogP contribution in [0.4, 0.5) is 0 Å². The zero-order chi connectivity index (χ0) is 6.97. The molecule has 0 bridgehead atoms. The zero-order valence-corrected chi connectivity index (χ0v) is 9.25. The first-order valence-corrected chi connectivity index (χ1v) is 5.95. The third-order valence-corrected chi connectivity index (χ3v) is 5.07. The van der Waals surface area contributed by atoms with Crippen LogP contribution in [0.5, 0.6) is 0 Å². The molecule has 2 rings (SSSR count). The van der Waals surface area contributed by atoms with Crippen LogP contribution in [0.15, 0.2) is 21.7 Å². The Hall–Kier alpha value is 0.410. The fourth-order valence-electron chi connectivity index (χ4n) is 0.712. The van der Waals surface area contributed by atoms with Crippen LogP contribution in [-0.2, 0) is 9.47 Å². The molecule has 0 aromatic heterocycles. The minimum Gasteiger partial charge on any atom is -0.453 e. The summed E-state index contributed by atoms with van der Waals surface area (Å²) in [5.74, 6) is 0.952. The van der Waals surface area contributed by atoms with Gasteiger partial charge < -0.3 is 9.47 Å². The Balaban J connectivity index is 2.40. The highest BCUT2D eigenvalue weighted by Crippen LogP contribution is 2.33. The Kier molecular flexibility index (Phi) is 1.98. The van der Waals surface area contributed by atoms with Gasteiger partial charge in [-0.1, -0.05) is 0 Å². The Labute approximate surface area is 82.2 Å². The molecule has 0 aliphatic carbocycles. The minimum absolute atomic E-state index is 0.0428. The summed E-state index contributed by atoms with van der Waals surface area (Å²) >= 11 is 2.30. The van der Waals surface area contributed by atoms with Crippen LogP contribution in [0.25, 0.3) is 0 Å². The molecule has 0 saturated heterocycles. The Bertz CT molecular complexity index is 252. The minimum atomic E-state index is -0.0428. The molecule has 0 amide bonds. The summed E-state index contributed by atoms with van der Waals surface area (Å²) in [5.41, 5.74) is 0. The van der Waals surface area contributed by atoms with Gasteiger partial charge in [0.1, 0.15) is 0 Å². The molecule has 0 unspecified atom stereocenters. The second-order valence-corrected chi connectivity index (χ2v) is 7.67. The number of hydrogen-bond donors (Lipinski definition) is 0. The average Bonchev–Trinajstić information content (AvgIpc) is 2.33. The highest BCUT2D eigenvalue weighted by molar-refractivity contribution is 14.2. The van der Waals surface area contributed by atoms with Gasteiger partial charge in [0.15, 0.2) is 9.53 Å². The predicted octanol–water partition coefficient (Wildman–Crippen LogP) is 2.27. The molecule has 4 heteroatoms. The number of allylic oxidation sites excluding steroid dienone is 2. The molecule has 2 heterocycles. The fraction of sp³-hybridized carbons (Fsp3) is 0.167. The number of hydrogen-bond acceptors (Lipinski definition) is 2. The maximum atomic E-state index is 5.26. The van der Waals surface area contributed by atoms with Gasteiger partial charge in [-0.2, -0.15) is 0 Å². The molecule has 0 saturated carbocycles. The van der Waals surface area contributed by atoms with Gasteiger partial charge in [0.05, 0.1) is 0 Å². The van der Waals surface area contributed by atoms with E-state index < -0.39 is 0 Å². The molecule has 0 fully saturated rings. The van der Waals surface area contributed by atoms with Gasteiger partial charge in [-0.25, -0.2) is 0 Å². The first-order chi connectivity index (χ1) is 4.86. The number of rotatable bonds is 0. The summed E-state index contributed by atoms with van der Waals surface area (Å²) in [5, 5.41) is 0. The number of ether oxygens (including phenoxy) is 2. The molecule has 10 heavy (non-hydrogen) atoms. The SMILES string of the molecule is IC1=IC2=C(C=C1)OCO2. The standard InChI is InChI=1S/C6H4I2O2/c7-5-2-1-4-6(8-5)10-3-9-4/h1-2H,3H2. The smallest absolute Gasteiger partial charge is 0.231 e. The Morgan fingerprint density at radius 2 is 2.30 bits per heavy atom. The average molecular weight is 362 g/mol. The van der Waals surface area contributed by atoms with E-state index in [2.05, 4.69) is 28.7 Å².